The zero-order valence-electron chi connectivity index (χ0n) is 16.3. The van der Waals surface area contributed by atoms with Gasteiger partial charge in [0, 0.05) is 17.3 Å². The molecule has 5 rings (SSSR count). The molecule has 6 heteroatoms. The van der Waals surface area contributed by atoms with Gasteiger partial charge in [0.25, 0.3) is 0 Å². The molecule has 1 heterocycles. The lowest BCUT2D eigenvalue weighted by Crippen LogP contribution is -2.82. The summed E-state index contributed by atoms with van der Waals surface area (Å²) in [6.07, 6.45) is 0.267. The zero-order chi connectivity index (χ0) is 19.6. The molecule has 1 spiro atoms. The van der Waals surface area contributed by atoms with E-state index in [-0.39, 0.29) is 29.8 Å². The number of aliphatic hydroxyl groups excluding tert-OH is 2. The van der Waals surface area contributed by atoms with Crippen LogP contribution in [0.3, 0.4) is 0 Å². The molecule has 9 atom stereocenters. The molecule has 5 fully saturated rings. The van der Waals surface area contributed by atoms with Crippen LogP contribution in [0.1, 0.15) is 46.5 Å². The number of carbonyl (C=O) groups is 1. The molecule has 1 aliphatic heterocycles. The molecule has 6 nitrogen and oxygen atoms in total. The number of ether oxygens (including phenoxy) is 2. The number of aliphatic hydroxyl groups is 3. The van der Waals surface area contributed by atoms with Crippen molar-refractivity contribution in [3.63, 3.8) is 0 Å². The molecule has 0 aromatic rings. The van der Waals surface area contributed by atoms with Gasteiger partial charge in [-0.3, -0.25) is 4.79 Å². The Hall–Kier alpha value is -0.790. The first-order valence-corrected chi connectivity index (χ1v) is 10.1. The molecule has 0 aromatic heterocycles. The Morgan fingerprint density at radius 2 is 1.85 bits per heavy atom. The van der Waals surface area contributed by atoms with Crippen molar-refractivity contribution in [1.82, 2.24) is 0 Å². The fourth-order valence-corrected chi connectivity index (χ4v) is 8.10. The Morgan fingerprint density at radius 1 is 1.15 bits per heavy atom. The predicted molar refractivity (Wildman–Crippen MR) is 95.2 cm³/mol. The summed E-state index contributed by atoms with van der Waals surface area (Å²) in [5.74, 6) is -3.17. The number of hydrogen-bond donors (Lipinski definition) is 3. The first-order chi connectivity index (χ1) is 12.5. The van der Waals surface area contributed by atoms with Gasteiger partial charge < -0.3 is 24.8 Å². The van der Waals surface area contributed by atoms with Gasteiger partial charge in [0.2, 0.25) is 5.79 Å². The third-order valence-electron chi connectivity index (χ3n) is 9.12. The predicted octanol–water partition coefficient (Wildman–Crippen LogP) is 1.38. The Labute approximate surface area is 159 Å². The molecule has 150 valence electrons. The first kappa shape index (κ1) is 18.3. The standard InChI is InChI=1S/C21H30O6/c1-10-11-5-6-12-19(4)13(22)7-8-18(2,3)14(19)16(24)21(25)20(12,15(10)23)17(11)26-9-27-21/h11-14,16-17,22,24-25H,1,5-9H2,2-4H3/t11-,12?,13-,14+,16-,17?,19+,20-,21-/m0/s1. The van der Waals surface area contributed by atoms with Crippen LogP contribution in [0.4, 0.5) is 0 Å². The van der Waals surface area contributed by atoms with Crippen molar-refractivity contribution < 1.29 is 29.6 Å². The van der Waals surface area contributed by atoms with Crippen LogP contribution >= 0.6 is 0 Å². The largest absolute Gasteiger partial charge is 0.393 e. The van der Waals surface area contributed by atoms with Crippen LogP contribution in [0.5, 0.6) is 0 Å². The topological polar surface area (TPSA) is 96.2 Å². The highest BCUT2D eigenvalue weighted by atomic mass is 16.7. The van der Waals surface area contributed by atoms with Crippen molar-refractivity contribution in [3.05, 3.63) is 12.2 Å². The van der Waals surface area contributed by atoms with E-state index in [1.54, 1.807) is 0 Å². The van der Waals surface area contributed by atoms with E-state index in [1.165, 1.54) is 0 Å². The lowest BCUT2D eigenvalue weighted by molar-refractivity contribution is -0.449. The van der Waals surface area contributed by atoms with Crippen molar-refractivity contribution in [2.45, 2.75) is 70.6 Å². The van der Waals surface area contributed by atoms with Crippen molar-refractivity contribution in [3.8, 4) is 0 Å². The van der Waals surface area contributed by atoms with Gasteiger partial charge in [-0.15, -0.1) is 0 Å². The molecule has 1 saturated heterocycles. The van der Waals surface area contributed by atoms with Crippen LogP contribution in [0.25, 0.3) is 0 Å². The summed E-state index contributed by atoms with van der Waals surface area (Å²) in [5, 5.41) is 34.5. The monoisotopic (exact) mass is 378 g/mol. The van der Waals surface area contributed by atoms with Gasteiger partial charge in [-0.2, -0.15) is 0 Å². The molecule has 5 aliphatic rings. The number of ketones is 1. The highest BCUT2D eigenvalue weighted by Gasteiger charge is 2.84. The molecule has 2 unspecified atom stereocenters. The Morgan fingerprint density at radius 3 is 2.56 bits per heavy atom. The summed E-state index contributed by atoms with van der Waals surface area (Å²) in [6, 6.07) is 0. The average Bonchev–Trinajstić information content (AvgIpc) is 2.75. The second kappa shape index (κ2) is 5.03. The summed E-state index contributed by atoms with van der Waals surface area (Å²) in [7, 11) is 0. The van der Waals surface area contributed by atoms with Crippen molar-refractivity contribution in [1.29, 1.82) is 0 Å². The highest BCUT2D eigenvalue weighted by Crippen LogP contribution is 2.74. The number of carbonyl (C=O) groups excluding carboxylic acids is 1. The molecular formula is C21H30O6. The maximum Gasteiger partial charge on any atom is 0.210 e. The molecule has 3 N–H and O–H groups in total. The minimum atomic E-state index is -2.02. The summed E-state index contributed by atoms with van der Waals surface area (Å²) in [6.45, 7) is 10.00. The highest BCUT2D eigenvalue weighted by molar-refractivity contribution is 6.05. The van der Waals surface area contributed by atoms with E-state index in [0.717, 1.165) is 12.8 Å². The molecule has 4 saturated carbocycles. The van der Waals surface area contributed by atoms with Crippen LogP contribution in [-0.4, -0.2) is 52.0 Å². The van der Waals surface area contributed by atoms with Gasteiger partial charge >= 0.3 is 0 Å². The van der Waals surface area contributed by atoms with Crippen LogP contribution < -0.4 is 0 Å². The third-order valence-corrected chi connectivity index (χ3v) is 9.12. The Kier molecular flexibility index (Phi) is 3.40. The minimum Gasteiger partial charge on any atom is -0.393 e. The summed E-state index contributed by atoms with van der Waals surface area (Å²) >= 11 is 0. The quantitative estimate of drug-likeness (QED) is 0.551. The van der Waals surface area contributed by atoms with E-state index in [9.17, 15) is 20.1 Å². The van der Waals surface area contributed by atoms with Crippen LogP contribution in [0.15, 0.2) is 12.2 Å². The SMILES string of the molecule is C=C1C(=O)[C@@]23C4OCO[C@@]2(O)[C@@H](O)[C@@H]2C(C)(C)CC[C@H](O)[C@@]2(C)C3CC[C@@H]14. The number of Topliss-reactive ketones (excluding diaryl/α,β-unsaturated/α-hetero) is 1. The normalized spacial score (nSPS) is 58.6. The third kappa shape index (κ3) is 1.67. The average molecular weight is 378 g/mol. The van der Waals surface area contributed by atoms with Crippen LogP contribution in [-0.2, 0) is 14.3 Å². The molecule has 4 aliphatic carbocycles. The van der Waals surface area contributed by atoms with E-state index in [2.05, 4.69) is 20.4 Å². The van der Waals surface area contributed by atoms with Crippen molar-refractivity contribution >= 4 is 5.78 Å². The van der Waals surface area contributed by atoms with Gasteiger partial charge in [0.05, 0.1) is 12.2 Å². The van der Waals surface area contributed by atoms with Gasteiger partial charge in [0.1, 0.15) is 11.5 Å². The summed E-state index contributed by atoms with van der Waals surface area (Å²) < 4.78 is 11.6. The van der Waals surface area contributed by atoms with Crippen molar-refractivity contribution in [2.75, 3.05) is 6.79 Å². The second-order valence-corrected chi connectivity index (χ2v) is 10.3. The number of rotatable bonds is 0. The summed E-state index contributed by atoms with van der Waals surface area (Å²) in [4.78, 5) is 13.6. The lowest BCUT2D eigenvalue weighted by Gasteiger charge is -2.71. The molecule has 2 bridgehead atoms. The molecule has 0 amide bonds. The van der Waals surface area contributed by atoms with Gasteiger partial charge in [0.15, 0.2) is 12.6 Å². The van der Waals surface area contributed by atoms with E-state index in [0.29, 0.717) is 18.4 Å². The van der Waals surface area contributed by atoms with Gasteiger partial charge in [-0.1, -0.05) is 27.4 Å². The smallest absolute Gasteiger partial charge is 0.210 e. The maximum absolute atomic E-state index is 13.6. The van der Waals surface area contributed by atoms with E-state index in [1.807, 2.05) is 6.92 Å². The summed E-state index contributed by atoms with van der Waals surface area (Å²) in [5.41, 5.74) is -1.96. The minimum absolute atomic E-state index is 0.157. The van der Waals surface area contributed by atoms with E-state index >= 15 is 0 Å². The Balaban J connectivity index is 1.81. The first-order valence-electron chi connectivity index (χ1n) is 10.1. The van der Waals surface area contributed by atoms with E-state index in [4.69, 9.17) is 9.47 Å². The fourth-order valence-electron chi connectivity index (χ4n) is 8.10. The van der Waals surface area contributed by atoms with Gasteiger partial charge in [-0.05, 0) is 42.6 Å². The maximum atomic E-state index is 13.6. The molecule has 27 heavy (non-hydrogen) atoms. The van der Waals surface area contributed by atoms with Crippen molar-refractivity contribution in [2.24, 2.45) is 34.0 Å². The molecule has 0 aromatic carbocycles. The number of hydrogen-bond acceptors (Lipinski definition) is 6. The van der Waals surface area contributed by atoms with Gasteiger partial charge in [-0.25, -0.2) is 0 Å². The van der Waals surface area contributed by atoms with Crippen LogP contribution in [0, 0.1) is 34.0 Å². The Bertz CT molecular complexity index is 732. The fraction of sp³-hybridized carbons (Fsp3) is 0.857. The number of fused-ring (bicyclic) bond motifs is 2. The second-order valence-electron chi connectivity index (χ2n) is 10.3. The zero-order valence-corrected chi connectivity index (χ0v) is 16.3. The lowest BCUT2D eigenvalue weighted by atomic mass is 9.37. The van der Waals surface area contributed by atoms with Crippen LogP contribution in [0.2, 0.25) is 0 Å². The molecule has 0 radical (unpaired) electrons. The molecular weight excluding hydrogens is 348 g/mol. The van der Waals surface area contributed by atoms with E-state index < -0.39 is 40.8 Å².